The molecule has 3 heterocycles. The number of esters is 1. The number of carbonyl (C=O) groups excluding carboxylic acids is 2. The molecule has 10 nitrogen and oxygen atoms in total. The number of alkyl halides is 3. The predicted molar refractivity (Wildman–Crippen MR) is 176 cm³/mol. The molecule has 5 aliphatic rings. The van der Waals surface area contributed by atoms with E-state index in [1.165, 1.54) is 22.9 Å². The fraction of sp³-hybridized carbons (Fsp3) is 0.657. The summed E-state index contributed by atoms with van der Waals surface area (Å²) in [5.41, 5.74) is -2.02. The summed E-state index contributed by atoms with van der Waals surface area (Å²) in [7, 11) is -0.659. The first kappa shape index (κ1) is 35.4. The lowest BCUT2D eigenvalue weighted by Gasteiger charge is -2.63. The Kier molecular flexibility index (Phi) is 8.99. The number of aromatic nitrogens is 2. The standard InChI is InChI=1S/C35H46BF3N4O6/c1-8-26(36-48-28-23-15-22(33(23,5)6)16-34(28,7)49-36)42-30(45)25-13-20(14-27(44)47-32(2,3)4)29-41-18-24(31(46)43(25)29)40-17-19-10-9-11-21(12-19)35(37,38)39/h9-12,18,20,22-23,25-26,28,40H,8,13-17H2,1-7H3,(H,42,45)/t20?,22?,23?,25-,26-,28?,34-/m0/s1. The highest BCUT2D eigenvalue weighted by atomic mass is 19.4. The zero-order valence-corrected chi connectivity index (χ0v) is 29.1. The summed E-state index contributed by atoms with van der Waals surface area (Å²) in [5.74, 6) is -0.791. The number of hydrogen-bond donors (Lipinski definition) is 2. The second-order valence-electron chi connectivity index (χ2n) is 15.9. The van der Waals surface area contributed by atoms with E-state index in [0.29, 0.717) is 23.8 Å². The van der Waals surface area contributed by atoms with Crippen LogP contribution in [0.1, 0.15) is 109 Å². The second kappa shape index (κ2) is 12.4. The van der Waals surface area contributed by atoms with Crippen LogP contribution in [-0.4, -0.2) is 51.8 Å². The van der Waals surface area contributed by atoms with Gasteiger partial charge in [0.2, 0.25) is 5.91 Å². The van der Waals surface area contributed by atoms with Crippen molar-refractivity contribution in [3.8, 4) is 0 Å². The maximum Gasteiger partial charge on any atom is 0.481 e. The molecule has 266 valence electrons. The van der Waals surface area contributed by atoms with Gasteiger partial charge in [-0.05, 0) is 88.3 Å². The van der Waals surface area contributed by atoms with Crippen molar-refractivity contribution in [2.45, 2.75) is 128 Å². The van der Waals surface area contributed by atoms with E-state index in [1.54, 1.807) is 20.8 Å². The van der Waals surface area contributed by atoms with Gasteiger partial charge in [0.1, 0.15) is 23.2 Å². The Bertz CT molecular complexity index is 1680. The van der Waals surface area contributed by atoms with Crippen LogP contribution < -0.4 is 16.2 Å². The molecule has 7 atom stereocenters. The molecule has 49 heavy (non-hydrogen) atoms. The normalized spacial score (nSPS) is 29.0. The van der Waals surface area contributed by atoms with E-state index in [4.69, 9.17) is 14.0 Å². The number of rotatable bonds is 9. The van der Waals surface area contributed by atoms with Crippen molar-refractivity contribution >= 4 is 24.7 Å². The van der Waals surface area contributed by atoms with Crippen molar-refractivity contribution in [1.82, 2.24) is 14.9 Å². The quantitative estimate of drug-likeness (QED) is 0.251. The SMILES string of the molecule is CC[C@H](NC(=O)[C@@H]1CC(CC(=O)OC(C)(C)C)c2ncc(NCc3cccc(C(F)(F)F)c3)c(=O)n21)B1OC2C3CC(C[C@]2(C)O1)C3(C)C. The van der Waals surface area contributed by atoms with Gasteiger partial charge in [-0.1, -0.05) is 32.9 Å². The zero-order valence-electron chi connectivity index (χ0n) is 29.1. The number of carbonyl (C=O) groups is 2. The summed E-state index contributed by atoms with van der Waals surface area (Å²) in [6.07, 6.45) is -0.734. The van der Waals surface area contributed by atoms with Gasteiger partial charge in [-0.25, -0.2) is 4.98 Å². The average molecular weight is 687 g/mol. The number of anilines is 1. The van der Waals surface area contributed by atoms with Gasteiger partial charge >= 0.3 is 19.3 Å². The molecule has 7 rings (SSSR count). The lowest BCUT2D eigenvalue weighted by Crippen LogP contribution is -2.63. The minimum Gasteiger partial charge on any atom is -0.460 e. The summed E-state index contributed by atoms with van der Waals surface area (Å²) in [5, 5.41) is 5.99. The van der Waals surface area contributed by atoms with E-state index in [-0.39, 0.29) is 42.4 Å². The lowest BCUT2D eigenvalue weighted by atomic mass is 9.45. The van der Waals surface area contributed by atoms with Crippen molar-refractivity contribution in [2.75, 3.05) is 5.32 Å². The fourth-order valence-corrected chi connectivity index (χ4v) is 8.28. The number of amides is 1. The van der Waals surface area contributed by atoms with E-state index in [9.17, 15) is 27.6 Å². The number of nitrogens with zero attached hydrogens (tertiary/aromatic N) is 2. The maximum absolute atomic E-state index is 14.1. The third-order valence-corrected chi connectivity index (χ3v) is 11.0. The van der Waals surface area contributed by atoms with Gasteiger partial charge in [0.25, 0.3) is 5.56 Å². The van der Waals surface area contributed by atoms with E-state index in [0.717, 1.165) is 25.0 Å². The molecule has 2 aromatic rings. The Labute approximate surface area is 285 Å². The Morgan fingerprint density at radius 3 is 2.57 bits per heavy atom. The van der Waals surface area contributed by atoms with E-state index < -0.39 is 65.4 Å². The summed E-state index contributed by atoms with van der Waals surface area (Å²) in [4.78, 5) is 45.4. The Hall–Kier alpha value is -3.39. The highest BCUT2D eigenvalue weighted by molar-refractivity contribution is 6.47. The largest absolute Gasteiger partial charge is 0.481 e. The summed E-state index contributed by atoms with van der Waals surface area (Å²) < 4.78 is 59.7. The summed E-state index contributed by atoms with van der Waals surface area (Å²) in [6, 6.07) is 3.81. The molecule has 1 amide bonds. The molecule has 2 bridgehead atoms. The topological polar surface area (TPSA) is 121 Å². The van der Waals surface area contributed by atoms with Crippen LogP contribution >= 0.6 is 0 Å². The number of fused-ring (bicyclic) bond motifs is 1. The van der Waals surface area contributed by atoms with Crippen LogP contribution in [0.25, 0.3) is 0 Å². The third-order valence-electron chi connectivity index (χ3n) is 11.0. The second-order valence-corrected chi connectivity index (χ2v) is 15.9. The monoisotopic (exact) mass is 686 g/mol. The van der Waals surface area contributed by atoms with E-state index in [1.807, 2.05) is 6.92 Å². The first-order valence-corrected chi connectivity index (χ1v) is 17.2. The molecule has 3 saturated carbocycles. The van der Waals surface area contributed by atoms with Crippen molar-refractivity contribution in [3.63, 3.8) is 0 Å². The highest BCUT2D eigenvalue weighted by Crippen LogP contribution is 2.64. The Balaban J connectivity index is 1.23. The minimum absolute atomic E-state index is 0.0185. The number of ether oxygens (including phenoxy) is 1. The number of halogens is 3. The van der Waals surface area contributed by atoms with Crippen LogP contribution in [-0.2, 0) is 36.4 Å². The Morgan fingerprint density at radius 2 is 1.92 bits per heavy atom. The minimum atomic E-state index is -4.51. The van der Waals surface area contributed by atoms with Crippen LogP contribution in [0.4, 0.5) is 18.9 Å². The van der Waals surface area contributed by atoms with Crippen LogP contribution in [0.3, 0.4) is 0 Å². The molecule has 0 radical (unpaired) electrons. The van der Waals surface area contributed by atoms with Crippen molar-refractivity contribution < 1.29 is 36.8 Å². The van der Waals surface area contributed by atoms with Gasteiger partial charge in [0.05, 0.1) is 35.8 Å². The smallest absolute Gasteiger partial charge is 0.460 e. The van der Waals surface area contributed by atoms with Crippen LogP contribution in [0.15, 0.2) is 35.3 Å². The first-order valence-electron chi connectivity index (χ1n) is 17.2. The molecule has 2 aliphatic heterocycles. The molecule has 1 aromatic heterocycles. The molecule has 3 aliphatic carbocycles. The molecule has 14 heteroatoms. The summed E-state index contributed by atoms with van der Waals surface area (Å²) >= 11 is 0. The molecule has 1 aromatic carbocycles. The molecular weight excluding hydrogens is 640 g/mol. The van der Waals surface area contributed by atoms with Crippen LogP contribution in [0.5, 0.6) is 0 Å². The van der Waals surface area contributed by atoms with E-state index in [2.05, 4.69) is 36.4 Å². The maximum atomic E-state index is 14.1. The van der Waals surface area contributed by atoms with Gasteiger partial charge in [-0.2, -0.15) is 13.2 Å². The van der Waals surface area contributed by atoms with Crippen molar-refractivity contribution in [3.05, 3.63) is 57.8 Å². The Morgan fingerprint density at radius 1 is 1.18 bits per heavy atom. The average Bonchev–Trinajstić information content (AvgIpc) is 3.56. The highest BCUT2D eigenvalue weighted by Gasteiger charge is 2.67. The lowest BCUT2D eigenvalue weighted by molar-refractivity contribution is -0.185. The van der Waals surface area contributed by atoms with Gasteiger partial charge in [-0.3, -0.25) is 19.0 Å². The molecule has 4 unspecified atom stereocenters. The molecule has 1 saturated heterocycles. The first-order chi connectivity index (χ1) is 22.8. The molecule has 0 spiro atoms. The van der Waals surface area contributed by atoms with Gasteiger partial charge in [0, 0.05) is 12.5 Å². The fourth-order valence-electron chi connectivity index (χ4n) is 8.28. The van der Waals surface area contributed by atoms with E-state index >= 15 is 0 Å². The molecule has 4 fully saturated rings. The number of hydrogen-bond acceptors (Lipinski definition) is 8. The van der Waals surface area contributed by atoms with Crippen LogP contribution in [0, 0.1) is 17.3 Å². The van der Waals surface area contributed by atoms with Gasteiger partial charge in [0.15, 0.2) is 0 Å². The summed E-state index contributed by atoms with van der Waals surface area (Å²) in [6.45, 7) is 13.8. The van der Waals surface area contributed by atoms with Crippen molar-refractivity contribution in [1.29, 1.82) is 0 Å². The number of benzene rings is 1. The molecule has 2 N–H and O–H groups in total. The molecular formula is C35H46BF3N4O6. The third kappa shape index (κ3) is 6.74. The zero-order chi connectivity index (χ0) is 35.7. The van der Waals surface area contributed by atoms with Gasteiger partial charge < -0.3 is 24.7 Å². The predicted octanol–water partition coefficient (Wildman–Crippen LogP) is 5.80. The van der Waals surface area contributed by atoms with Gasteiger partial charge in [-0.15, -0.1) is 0 Å². The van der Waals surface area contributed by atoms with Crippen molar-refractivity contribution in [2.24, 2.45) is 17.3 Å². The number of nitrogens with one attached hydrogen (secondary N) is 2. The van der Waals surface area contributed by atoms with Crippen LogP contribution in [0.2, 0.25) is 0 Å².